The molecule has 0 heterocycles. The van der Waals surface area contributed by atoms with Crippen LogP contribution in [0.25, 0.3) is 0 Å². The van der Waals surface area contributed by atoms with Crippen LogP contribution in [0, 0.1) is 53.3 Å². The van der Waals surface area contributed by atoms with Crippen LogP contribution in [0.15, 0.2) is 0 Å². The molecule has 4 saturated carbocycles. The Morgan fingerprint density at radius 1 is 0.386 bits per heavy atom. The van der Waals surface area contributed by atoms with Gasteiger partial charge >= 0.3 is 0 Å². The van der Waals surface area contributed by atoms with Crippen LogP contribution in [0.5, 0.6) is 0 Å². The molecular formula is C53H106O4. The first-order chi connectivity index (χ1) is 27.8. The molecule has 0 aliphatic heterocycles. The van der Waals surface area contributed by atoms with E-state index in [1.807, 2.05) is 0 Å². The van der Waals surface area contributed by atoms with Crippen molar-refractivity contribution in [2.24, 2.45) is 53.3 Å². The van der Waals surface area contributed by atoms with Crippen LogP contribution in [0.3, 0.4) is 0 Å². The van der Waals surface area contributed by atoms with E-state index in [9.17, 15) is 10.2 Å². The fourth-order valence-electron chi connectivity index (χ4n) is 10.6. The van der Waals surface area contributed by atoms with E-state index in [1.165, 1.54) is 218 Å². The zero-order chi connectivity index (χ0) is 41.8. The summed E-state index contributed by atoms with van der Waals surface area (Å²) >= 11 is 0. The summed E-state index contributed by atoms with van der Waals surface area (Å²) in [5.74, 6) is 6.89. The standard InChI is InChI=1S/2C14H28O.C13H26O.C12H24O/c1-12(2)14(11-15)10-6-9-13-7-4-3-5-8-13;1-2-7-14(12-15)11-6-10-13-8-4-3-5-9-13;1-2-12(11-14)9-6-10-13-7-4-3-5-8-13;1-11(10-13)6-5-9-12-7-3-2-4-8-12/h12-15H,3-11H2,1-2H3;13-15H,2-12H2,1H3;12-14H,2-11H2,1H3;11-13H,2-10H2,1H3. The molecule has 4 heteroatoms. The first kappa shape index (κ1) is 54.9. The van der Waals surface area contributed by atoms with Crippen LogP contribution in [0.1, 0.15) is 259 Å². The van der Waals surface area contributed by atoms with Gasteiger partial charge in [0.2, 0.25) is 0 Å². The van der Waals surface area contributed by atoms with Crippen molar-refractivity contribution in [2.45, 2.75) is 259 Å². The lowest BCUT2D eigenvalue weighted by molar-refractivity contribution is 0.174. The quantitative estimate of drug-likeness (QED) is 0.0783. The summed E-state index contributed by atoms with van der Waals surface area (Å²) in [4.78, 5) is 0. The molecule has 0 saturated heterocycles. The van der Waals surface area contributed by atoms with Crippen molar-refractivity contribution in [2.75, 3.05) is 26.4 Å². The molecule has 57 heavy (non-hydrogen) atoms. The molecule has 0 aromatic rings. The van der Waals surface area contributed by atoms with Crippen molar-refractivity contribution < 1.29 is 20.4 Å². The predicted octanol–water partition coefficient (Wildman–Crippen LogP) is 15.3. The molecule has 4 atom stereocenters. The van der Waals surface area contributed by atoms with Crippen LogP contribution in [-0.4, -0.2) is 46.9 Å². The lowest BCUT2D eigenvalue weighted by Gasteiger charge is -2.23. The maximum absolute atomic E-state index is 9.23. The third-order valence-electron chi connectivity index (χ3n) is 15.1. The molecule has 0 amide bonds. The number of hydrogen-bond acceptors (Lipinski definition) is 4. The molecule has 0 bridgehead atoms. The van der Waals surface area contributed by atoms with Gasteiger partial charge in [0.25, 0.3) is 0 Å². The van der Waals surface area contributed by atoms with Gasteiger partial charge in [-0.05, 0) is 85.4 Å². The highest BCUT2D eigenvalue weighted by Gasteiger charge is 2.18. The minimum Gasteiger partial charge on any atom is -0.396 e. The smallest absolute Gasteiger partial charge is 0.0461 e. The zero-order valence-corrected chi connectivity index (χ0v) is 39.6. The van der Waals surface area contributed by atoms with E-state index >= 15 is 0 Å². The van der Waals surface area contributed by atoms with E-state index in [0.29, 0.717) is 56.0 Å². The van der Waals surface area contributed by atoms with E-state index in [1.54, 1.807) is 0 Å². The van der Waals surface area contributed by atoms with Crippen LogP contribution >= 0.6 is 0 Å². The van der Waals surface area contributed by atoms with E-state index in [2.05, 4.69) is 34.6 Å². The Morgan fingerprint density at radius 2 is 0.737 bits per heavy atom. The summed E-state index contributed by atoms with van der Waals surface area (Å²) in [6.07, 6.45) is 48.7. The molecule has 4 unspecified atom stereocenters. The molecule has 4 aliphatic carbocycles. The lowest BCUT2D eigenvalue weighted by Crippen LogP contribution is -2.14. The van der Waals surface area contributed by atoms with Gasteiger partial charge in [-0.25, -0.2) is 0 Å². The lowest BCUT2D eigenvalue weighted by atomic mass is 9.83. The third kappa shape index (κ3) is 30.5. The minimum absolute atomic E-state index is 0.366. The van der Waals surface area contributed by atoms with Crippen molar-refractivity contribution in [1.29, 1.82) is 0 Å². The van der Waals surface area contributed by atoms with Crippen molar-refractivity contribution in [1.82, 2.24) is 0 Å². The summed E-state index contributed by atoms with van der Waals surface area (Å²) in [5, 5.41) is 36.4. The average molecular weight is 807 g/mol. The van der Waals surface area contributed by atoms with E-state index in [0.717, 1.165) is 30.1 Å². The Morgan fingerprint density at radius 3 is 1.04 bits per heavy atom. The summed E-state index contributed by atoms with van der Waals surface area (Å²) < 4.78 is 0. The second-order valence-electron chi connectivity index (χ2n) is 20.5. The van der Waals surface area contributed by atoms with E-state index in [4.69, 9.17) is 10.2 Å². The number of hydrogen-bond donors (Lipinski definition) is 4. The third-order valence-corrected chi connectivity index (χ3v) is 15.1. The van der Waals surface area contributed by atoms with Crippen molar-refractivity contribution in [3.63, 3.8) is 0 Å². The Hall–Kier alpha value is -0.160. The molecule has 0 spiro atoms. The Labute approximate surface area is 358 Å². The summed E-state index contributed by atoms with van der Waals surface area (Å²) in [5.41, 5.74) is 0. The van der Waals surface area contributed by atoms with Crippen LogP contribution in [0.4, 0.5) is 0 Å². The van der Waals surface area contributed by atoms with Gasteiger partial charge in [0.15, 0.2) is 0 Å². The summed E-state index contributed by atoms with van der Waals surface area (Å²) in [6, 6.07) is 0. The molecule has 342 valence electrons. The van der Waals surface area contributed by atoms with Crippen molar-refractivity contribution >= 4 is 0 Å². The summed E-state index contributed by atoms with van der Waals surface area (Å²) in [7, 11) is 0. The van der Waals surface area contributed by atoms with E-state index in [-0.39, 0.29) is 0 Å². The minimum atomic E-state index is 0.366. The highest BCUT2D eigenvalue weighted by atomic mass is 16.3. The fraction of sp³-hybridized carbons (Fsp3) is 1.00. The van der Waals surface area contributed by atoms with Crippen LogP contribution in [0.2, 0.25) is 0 Å². The topological polar surface area (TPSA) is 80.9 Å². The highest BCUT2D eigenvalue weighted by molar-refractivity contribution is 4.70. The van der Waals surface area contributed by atoms with Crippen molar-refractivity contribution in [3.05, 3.63) is 0 Å². The van der Waals surface area contributed by atoms with Gasteiger partial charge in [-0.2, -0.15) is 0 Å². The molecule has 4 aliphatic rings. The van der Waals surface area contributed by atoms with Crippen LogP contribution < -0.4 is 0 Å². The first-order valence-corrected chi connectivity index (χ1v) is 26.2. The number of rotatable bonds is 24. The van der Waals surface area contributed by atoms with Crippen molar-refractivity contribution in [3.8, 4) is 0 Å². The van der Waals surface area contributed by atoms with Gasteiger partial charge in [0.05, 0.1) is 0 Å². The highest BCUT2D eigenvalue weighted by Crippen LogP contribution is 2.32. The first-order valence-electron chi connectivity index (χ1n) is 26.2. The average Bonchev–Trinajstić information content (AvgIpc) is 3.25. The normalized spacial score (nSPS) is 20.9. The summed E-state index contributed by atoms with van der Waals surface area (Å²) in [6.45, 7) is 12.5. The molecule has 0 radical (unpaired) electrons. The Bertz CT molecular complexity index is 784. The predicted molar refractivity (Wildman–Crippen MR) is 250 cm³/mol. The fourth-order valence-corrected chi connectivity index (χ4v) is 10.6. The van der Waals surface area contributed by atoms with Crippen LogP contribution in [-0.2, 0) is 0 Å². The maximum atomic E-state index is 9.23. The SMILES string of the molecule is CC(C)C(CO)CCCC1CCCCC1.CC(CO)CCCC1CCCCC1.CCC(CO)CCCC1CCCCC1.CCCC(CO)CCCC1CCCCC1. The van der Waals surface area contributed by atoms with E-state index < -0.39 is 0 Å². The van der Waals surface area contributed by atoms with Gasteiger partial charge in [0.1, 0.15) is 0 Å². The molecule has 4 fully saturated rings. The molecule has 4 nitrogen and oxygen atoms in total. The monoisotopic (exact) mass is 807 g/mol. The molecule has 4 rings (SSSR count). The number of aliphatic hydroxyl groups is 4. The Kier molecular flexibility index (Phi) is 37.3. The number of aliphatic hydroxyl groups excluding tert-OH is 4. The van der Waals surface area contributed by atoms with Gasteiger partial charge in [-0.3, -0.25) is 0 Å². The second kappa shape index (κ2) is 38.7. The van der Waals surface area contributed by atoms with Gasteiger partial charge < -0.3 is 20.4 Å². The van der Waals surface area contributed by atoms with Gasteiger partial charge in [0, 0.05) is 26.4 Å². The second-order valence-corrected chi connectivity index (χ2v) is 20.5. The molecule has 4 N–H and O–H groups in total. The maximum Gasteiger partial charge on any atom is 0.0461 e. The molecule has 0 aromatic carbocycles. The molecule has 0 aromatic heterocycles. The molecular weight excluding hydrogens is 701 g/mol. The largest absolute Gasteiger partial charge is 0.396 e. The van der Waals surface area contributed by atoms with Gasteiger partial charge in [-0.15, -0.1) is 0 Å². The Balaban J connectivity index is 0.000000381. The zero-order valence-electron chi connectivity index (χ0n) is 39.6. The van der Waals surface area contributed by atoms with Gasteiger partial charge in [-0.1, -0.05) is 227 Å².